The summed E-state index contributed by atoms with van der Waals surface area (Å²) in [6.07, 6.45) is 2.61. The molecule has 1 fully saturated rings. The molecule has 1 heterocycles. The van der Waals surface area contributed by atoms with E-state index >= 15 is 0 Å². The quantitative estimate of drug-likeness (QED) is 0.369. The van der Waals surface area contributed by atoms with Gasteiger partial charge in [0.05, 0.1) is 11.4 Å². The van der Waals surface area contributed by atoms with Gasteiger partial charge in [-0.2, -0.15) is 0 Å². The zero-order valence-electron chi connectivity index (χ0n) is 23.5. The van der Waals surface area contributed by atoms with E-state index in [1.165, 1.54) is 6.07 Å². The molecule has 0 saturated heterocycles. The number of carbonyl (C=O) groups excluding carboxylic acids is 1. The molecule has 1 aliphatic heterocycles. The summed E-state index contributed by atoms with van der Waals surface area (Å²) in [5.74, 6) is -0.324. The Morgan fingerprint density at radius 2 is 1.61 bits per heavy atom. The first-order chi connectivity index (χ1) is 18.9. The lowest BCUT2D eigenvalue weighted by atomic mass is 9.43. The van der Waals surface area contributed by atoms with E-state index in [-0.39, 0.29) is 22.4 Å². The van der Waals surface area contributed by atoms with E-state index in [1.807, 2.05) is 40.0 Å². The van der Waals surface area contributed by atoms with Crippen molar-refractivity contribution < 1.29 is 23.1 Å². The number of nitrogens with zero attached hydrogens (tertiary/aromatic N) is 1. The van der Waals surface area contributed by atoms with E-state index in [0.717, 1.165) is 19.1 Å². The normalized spacial score (nSPS) is 20.2. The molecule has 210 valence electrons. The highest BCUT2D eigenvalue weighted by molar-refractivity contribution is 9.10. The molecule has 1 N–H and O–H groups in total. The van der Waals surface area contributed by atoms with Crippen LogP contribution in [0.25, 0.3) is 0 Å². The summed E-state index contributed by atoms with van der Waals surface area (Å²) in [4.78, 5) is 16.0. The predicted molar refractivity (Wildman–Crippen MR) is 175 cm³/mol. The first kappa shape index (κ1) is 30.8. The molecule has 0 radical (unpaired) electrons. The minimum Gasteiger partial charge on any atom is -0.407 e. The topological polar surface area (TPSA) is 83.9 Å². The SMILES string of the molecule is BC(B)(O)C1(C(B)(B)OC2(c3ccc(Cl)cc3)c3ccc(Br)cc3C(=O)N2Cc2ccc(Cl)cc2S(C)(=O)=O)CC1. The highest BCUT2D eigenvalue weighted by Gasteiger charge is 2.66. The molecule has 1 atom stereocenters. The maximum absolute atomic E-state index is 14.4. The Hall–Kier alpha value is -1.68. The van der Waals surface area contributed by atoms with E-state index in [1.54, 1.807) is 50.9 Å². The van der Waals surface area contributed by atoms with Crippen molar-refractivity contribution in [1.29, 1.82) is 0 Å². The number of amides is 1. The molecule has 5 rings (SSSR count). The Kier molecular flexibility index (Phi) is 7.66. The van der Waals surface area contributed by atoms with Crippen LogP contribution in [0, 0.1) is 5.41 Å². The number of sulfone groups is 1. The third kappa shape index (κ3) is 5.12. The van der Waals surface area contributed by atoms with Crippen LogP contribution in [0.2, 0.25) is 10.0 Å². The minimum absolute atomic E-state index is 0.0364. The average molecular weight is 673 g/mol. The molecule has 1 unspecified atom stereocenters. The van der Waals surface area contributed by atoms with E-state index in [4.69, 9.17) is 27.9 Å². The number of fused-ring (bicyclic) bond motifs is 1. The van der Waals surface area contributed by atoms with Crippen LogP contribution in [0.15, 0.2) is 70.0 Å². The highest BCUT2D eigenvalue weighted by Crippen LogP contribution is 2.61. The van der Waals surface area contributed by atoms with Crippen molar-refractivity contribution in [1.82, 2.24) is 4.90 Å². The second-order valence-corrected chi connectivity index (χ2v) is 15.8. The van der Waals surface area contributed by atoms with Crippen molar-refractivity contribution >= 4 is 86.3 Å². The highest BCUT2D eigenvalue weighted by atomic mass is 79.9. The van der Waals surface area contributed by atoms with Crippen LogP contribution in [0.3, 0.4) is 0 Å². The molecular formula is C27H28B4BrCl2NO5S. The van der Waals surface area contributed by atoms with E-state index in [9.17, 15) is 18.3 Å². The fraction of sp³-hybridized carbons (Fsp3) is 0.296. The van der Waals surface area contributed by atoms with Gasteiger partial charge in [-0.25, -0.2) is 8.42 Å². The zero-order chi connectivity index (χ0) is 30.2. The second-order valence-electron chi connectivity index (χ2n) is 12.0. The summed E-state index contributed by atoms with van der Waals surface area (Å²) < 4.78 is 33.6. The van der Waals surface area contributed by atoms with Crippen LogP contribution in [0.4, 0.5) is 0 Å². The third-order valence-electron chi connectivity index (χ3n) is 8.67. The Morgan fingerprint density at radius 1 is 1.00 bits per heavy atom. The van der Waals surface area contributed by atoms with Crippen LogP contribution < -0.4 is 0 Å². The maximum Gasteiger partial charge on any atom is 0.257 e. The molecule has 1 amide bonds. The van der Waals surface area contributed by atoms with Gasteiger partial charge in [0.1, 0.15) is 31.4 Å². The van der Waals surface area contributed by atoms with Crippen molar-refractivity contribution in [3.8, 4) is 0 Å². The van der Waals surface area contributed by atoms with Gasteiger partial charge < -0.3 is 9.84 Å². The fourth-order valence-corrected chi connectivity index (χ4v) is 8.15. The Balaban J connectivity index is 1.79. The van der Waals surface area contributed by atoms with Crippen LogP contribution in [-0.4, -0.2) is 72.8 Å². The smallest absolute Gasteiger partial charge is 0.257 e. The van der Waals surface area contributed by atoms with E-state index < -0.39 is 31.8 Å². The van der Waals surface area contributed by atoms with Gasteiger partial charge in [0.25, 0.3) is 5.91 Å². The molecule has 41 heavy (non-hydrogen) atoms. The van der Waals surface area contributed by atoms with Crippen molar-refractivity contribution in [2.75, 3.05) is 6.26 Å². The lowest BCUT2D eigenvalue weighted by molar-refractivity contribution is -0.168. The molecule has 1 saturated carbocycles. The fourth-order valence-electron chi connectivity index (χ4n) is 6.48. The number of hydrogen-bond donors (Lipinski definition) is 1. The number of ether oxygens (including phenoxy) is 1. The lowest BCUT2D eigenvalue weighted by Gasteiger charge is -2.51. The first-order valence-electron chi connectivity index (χ1n) is 13.2. The van der Waals surface area contributed by atoms with Gasteiger partial charge in [-0.15, -0.1) is 0 Å². The van der Waals surface area contributed by atoms with Gasteiger partial charge in [-0.1, -0.05) is 63.4 Å². The standard InChI is InChI=1S/C27H28B4BrCl2NO5S/c1-41(38,39)22-13-19(34)6-2-15(22)14-35-23(36)20-12-17(32)5-9-21(20)25(35,16-3-7-18(33)8-4-16)40-27(30,31)24(10-11-24)26(28,29)37/h2-9,12-13,37H,10-11,14,28-31H2,1H3. The zero-order valence-corrected chi connectivity index (χ0v) is 27.4. The molecule has 0 aromatic heterocycles. The van der Waals surface area contributed by atoms with Crippen LogP contribution in [0.1, 0.15) is 39.9 Å². The molecule has 0 spiro atoms. The average Bonchev–Trinajstić information content (AvgIpc) is 3.67. The minimum atomic E-state index is -3.69. The van der Waals surface area contributed by atoms with Crippen molar-refractivity contribution in [3.05, 3.63) is 97.4 Å². The van der Waals surface area contributed by atoms with Gasteiger partial charge >= 0.3 is 0 Å². The molecular weight excluding hydrogens is 644 g/mol. The number of rotatable bonds is 8. The van der Waals surface area contributed by atoms with E-state index in [2.05, 4.69) is 15.9 Å². The largest absolute Gasteiger partial charge is 0.407 e. The van der Waals surface area contributed by atoms with Crippen LogP contribution >= 0.6 is 39.1 Å². The molecule has 14 heteroatoms. The van der Waals surface area contributed by atoms with Crippen LogP contribution in [0.5, 0.6) is 0 Å². The van der Waals surface area contributed by atoms with Gasteiger partial charge in [0.15, 0.2) is 15.6 Å². The first-order valence-corrected chi connectivity index (χ1v) is 16.7. The maximum atomic E-state index is 14.4. The summed E-state index contributed by atoms with van der Waals surface area (Å²) in [5, 5.41) is 10.1. The summed E-state index contributed by atoms with van der Waals surface area (Å²) in [5.41, 5.74) is 0.0304. The third-order valence-corrected chi connectivity index (χ3v) is 10.8. The summed E-state index contributed by atoms with van der Waals surface area (Å²) >= 11 is 16.0. The number of carbonyl (C=O) groups is 1. The Bertz CT molecular complexity index is 1660. The Morgan fingerprint density at radius 3 is 2.17 bits per heavy atom. The molecule has 0 bridgehead atoms. The second kappa shape index (κ2) is 10.2. The van der Waals surface area contributed by atoms with Crippen molar-refractivity contribution in [3.63, 3.8) is 0 Å². The molecule has 6 nitrogen and oxygen atoms in total. The summed E-state index contributed by atoms with van der Waals surface area (Å²) in [7, 11) is 3.77. The van der Waals surface area contributed by atoms with Gasteiger partial charge in [-0.3, -0.25) is 9.69 Å². The van der Waals surface area contributed by atoms with Gasteiger partial charge in [0, 0.05) is 48.3 Å². The summed E-state index contributed by atoms with van der Waals surface area (Å²) in [6.45, 7) is -0.0844. The molecule has 2 aliphatic rings. The van der Waals surface area contributed by atoms with Crippen LogP contribution in [-0.2, 0) is 26.8 Å². The summed E-state index contributed by atoms with van der Waals surface area (Å²) in [6, 6.07) is 17.2. The predicted octanol–water partition coefficient (Wildman–Crippen LogP) is 1.65. The van der Waals surface area contributed by atoms with Gasteiger partial charge in [0.2, 0.25) is 0 Å². The van der Waals surface area contributed by atoms with E-state index in [0.29, 0.717) is 31.7 Å². The monoisotopic (exact) mass is 671 g/mol. The lowest BCUT2D eigenvalue weighted by Crippen LogP contribution is -2.62. The van der Waals surface area contributed by atoms with Crippen molar-refractivity contribution in [2.45, 2.75) is 40.8 Å². The molecule has 3 aromatic rings. The molecule has 1 aliphatic carbocycles. The van der Waals surface area contributed by atoms with Gasteiger partial charge in [-0.05, 0) is 60.2 Å². The number of benzene rings is 3. The number of halogens is 3. The number of aliphatic hydroxyl groups is 1. The Labute approximate surface area is 262 Å². The number of hydrogen-bond acceptors (Lipinski definition) is 5. The molecule has 3 aromatic carbocycles. The van der Waals surface area contributed by atoms with Crippen molar-refractivity contribution in [2.24, 2.45) is 5.41 Å².